The SMILES string of the molecule is COc1ccc(C(O)COc2ccc3c(C)cc(=O)oc3c2)cc1F. The Morgan fingerprint density at radius 1 is 1.20 bits per heavy atom. The highest BCUT2D eigenvalue weighted by Gasteiger charge is 2.13. The number of methoxy groups -OCH3 is 1. The van der Waals surface area contributed by atoms with Gasteiger partial charge in [0.15, 0.2) is 11.6 Å². The molecule has 0 spiro atoms. The van der Waals surface area contributed by atoms with Crippen LogP contribution in [-0.4, -0.2) is 18.8 Å². The highest BCUT2D eigenvalue weighted by atomic mass is 19.1. The predicted molar refractivity (Wildman–Crippen MR) is 90.6 cm³/mol. The van der Waals surface area contributed by atoms with Crippen molar-refractivity contribution in [3.8, 4) is 11.5 Å². The van der Waals surface area contributed by atoms with E-state index in [1.807, 2.05) is 6.92 Å². The first kappa shape index (κ1) is 17.0. The minimum atomic E-state index is -1.01. The smallest absolute Gasteiger partial charge is 0.336 e. The number of aliphatic hydroxyl groups excluding tert-OH is 1. The molecule has 1 atom stereocenters. The Kier molecular flexibility index (Phi) is 4.72. The second kappa shape index (κ2) is 6.94. The van der Waals surface area contributed by atoms with E-state index in [2.05, 4.69) is 0 Å². The molecule has 25 heavy (non-hydrogen) atoms. The van der Waals surface area contributed by atoms with E-state index < -0.39 is 17.5 Å². The molecule has 0 aliphatic rings. The second-order valence-corrected chi connectivity index (χ2v) is 5.63. The second-order valence-electron chi connectivity index (χ2n) is 5.63. The molecule has 0 bridgehead atoms. The molecule has 1 unspecified atom stereocenters. The van der Waals surface area contributed by atoms with Gasteiger partial charge in [-0.05, 0) is 42.3 Å². The first-order valence-electron chi connectivity index (χ1n) is 7.67. The molecule has 2 aromatic carbocycles. The fourth-order valence-corrected chi connectivity index (χ4v) is 2.56. The van der Waals surface area contributed by atoms with Gasteiger partial charge >= 0.3 is 5.63 Å². The van der Waals surface area contributed by atoms with E-state index in [-0.39, 0.29) is 12.4 Å². The summed E-state index contributed by atoms with van der Waals surface area (Å²) in [5.74, 6) is -0.00640. The topological polar surface area (TPSA) is 68.9 Å². The number of fused-ring (bicyclic) bond motifs is 1. The average molecular weight is 344 g/mol. The van der Waals surface area contributed by atoms with Gasteiger partial charge in [0.25, 0.3) is 0 Å². The molecule has 1 N–H and O–H groups in total. The summed E-state index contributed by atoms with van der Waals surface area (Å²) in [6.45, 7) is 1.75. The maximum atomic E-state index is 13.7. The van der Waals surface area contributed by atoms with E-state index in [1.54, 1.807) is 24.3 Å². The van der Waals surface area contributed by atoms with Crippen LogP contribution in [0.25, 0.3) is 11.0 Å². The molecular weight excluding hydrogens is 327 g/mol. The summed E-state index contributed by atoms with van der Waals surface area (Å²) in [4.78, 5) is 11.5. The molecule has 0 aliphatic carbocycles. The van der Waals surface area contributed by atoms with Gasteiger partial charge in [0.05, 0.1) is 7.11 Å². The van der Waals surface area contributed by atoms with E-state index in [0.29, 0.717) is 16.9 Å². The summed E-state index contributed by atoms with van der Waals surface area (Å²) in [7, 11) is 1.37. The third-order valence-corrected chi connectivity index (χ3v) is 3.89. The van der Waals surface area contributed by atoms with Gasteiger partial charge in [-0.1, -0.05) is 6.07 Å². The monoisotopic (exact) mass is 344 g/mol. The van der Waals surface area contributed by atoms with E-state index in [9.17, 15) is 14.3 Å². The van der Waals surface area contributed by atoms with Gasteiger partial charge in [0.2, 0.25) is 0 Å². The van der Waals surface area contributed by atoms with E-state index in [1.165, 1.54) is 25.3 Å². The summed E-state index contributed by atoms with van der Waals surface area (Å²) >= 11 is 0. The van der Waals surface area contributed by atoms with Gasteiger partial charge in [-0.25, -0.2) is 9.18 Å². The number of ether oxygens (including phenoxy) is 2. The summed E-state index contributed by atoms with van der Waals surface area (Å²) < 4.78 is 29.2. The van der Waals surface area contributed by atoms with Gasteiger partial charge in [-0.15, -0.1) is 0 Å². The Balaban J connectivity index is 1.75. The third-order valence-electron chi connectivity index (χ3n) is 3.89. The Morgan fingerprint density at radius 2 is 2.00 bits per heavy atom. The van der Waals surface area contributed by atoms with Crippen molar-refractivity contribution >= 4 is 11.0 Å². The quantitative estimate of drug-likeness (QED) is 0.719. The lowest BCUT2D eigenvalue weighted by atomic mass is 10.1. The van der Waals surface area contributed by atoms with Crippen LogP contribution in [0.3, 0.4) is 0 Å². The molecule has 0 fully saturated rings. The number of hydrogen-bond acceptors (Lipinski definition) is 5. The van der Waals surface area contributed by atoms with Crippen molar-refractivity contribution in [1.82, 2.24) is 0 Å². The molecule has 5 nitrogen and oxygen atoms in total. The van der Waals surface area contributed by atoms with Crippen LogP contribution >= 0.6 is 0 Å². The van der Waals surface area contributed by atoms with Gasteiger partial charge in [0, 0.05) is 17.5 Å². The van der Waals surface area contributed by atoms with Crippen molar-refractivity contribution in [2.24, 2.45) is 0 Å². The first-order valence-corrected chi connectivity index (χ1v) is 7.67. The minimum Gasteiger partial charge on any atom is -0.494 e. The number of aliphatic hydroxyl groups is 1. The van der Waals surface area contributed by atoms with Crippen LogP contribution in [0.4, 0.5) is 4.39 Å². The zero-order valence-corrected chi connectivity index (χ0v) is 13.8. The maximum Gasteiger partial charge on any atom is 0.336 e. The van der Waals surface area contributed by atoms with Crippen LogP contribution in [0.1, 0.15) is 17.2 Å². The van der Waals surface area contributed by atoms with Crippen LogP contribution < -0.4 is 15.1 Å². The van der Waals surface area contributed by atoms with E-state index >= 15 is 0 Å². The lowest BCUT2D eigenvalue weighted by molar-refractivity contribution is 0.108. The normalized spacial score (nSPS) is 12.2. The van der Waals surface area contributed by atoms with Crippen molar-refractivity contribution < 1.29 is 23.4 Å². The lowest BCUT2D eigenvalue weighted by Crippen LogP contribution is -2.10. The van der Waals surface area contributed by atoms with Crippen molar-refractivity contribution in [3.05, 3.63) is 69.8 Å². The Morgan fingerprint density at radius 3 is 2.72 bits per heavy atom. The molecule has 3 aromatic rings. The fraction of sp³-hybridized carbons (Fsp3) is 0.211. The van der Waals surface area contributed by atoms with Crippen LogP contribution in [0, 0.1) is 12.7 Å². The molecule has 6 heteroatoms. The van der Waals surface area contributed by atoms with Crippen molar-refractivity contribution in [2.45, 2.75) is 13.0 Å². The summed E-state index contributed by atoms with van der Waals surface area (Å²) in [5, 5.41) is 11.0. The largest absolute Gasteiger partial charge is 0.494 e. The molecule has 130 valence electrons. The van der Waals surface area contributed by atoms with Crippen LogP contribution in [0.5, 0.6) is 11.5 Å². The number of halogens is 1. The molecular formula is C19H17FO5. The zero-order valence-electron chi connectivity index (χ0n) is 13.8. The fourth-order valence-electron chi connectivity index (χ4n) is 2.56. The van der Waals surface area contributed by atoms with Gasteiger partial charge in [-0.2, -0.15) is 0 Å². The van der Waals surface area contributed by atoms with Crippen molar-refractivity contribution in [2.75, 3.05) is 13.7 Å². The third kappa shape index (κ3) is 3.64. The molecule has 0 saturated carbocycles. The Hall–Kier alpha value is -2.86. The predicted octanol–water partition coefficient (Wildman–Crippen LogP) is 3.36. The highest BCUT2D eigenvalue weighted by Crippen LogP contribution is 2.25. The average Bonchev–Trinajstić information content (AvgIpc) is 2.59. The highest BCUT2D eigenvalue weighted by molar-refractivity contribution is 5.81. The summed E-state index contributed by atoms with van der Waals surface area (Å²) in [5.41, 5.74) is 1.16. The molecule has 0 saturated heterocycles. The van der Waals surface area contributed by atoms with Crippen molar-refractivity contribution in [1.29, 1.82) is 0 Å². The van der Waals surface area contributed by atoms with Crippen LogP contribution in [0.15, 0.2) is 51.7 Å². The van der Waals surface area contributed by atoms with E-state index in [0.717, 1.165) is 10.9 Å². The van der Waals surface area contributed by atoms with Gasteiger partial charge < -0.3 is 19.0 Å². The summed E-state index contributed by atoms with van der Waals surface area (Å²) in [6, 6.07) is 10.7. The Labute approximate surface area is 143 Å². The standard InChI is InChI=1S/C19H17FO5/c1-11-7-19(22)25-18-9-13(4-5-14(11)18)24-10-16(21)12-3-6-17(23-2)15(20)8-12/h3-9,16,21H,10H2,1-2H3. The maximum absolute atomic E-state index is 13.7. The molecule has 1 aromatic heterocycles. The van der Waals surface area contributed by atoms with E-state index in [4.69, 9.17) is 13.9 Å². The van der Waals surface area contributed by atoms with Gasteiger partial charge in [0.1, 0.15) is 24.0 Å². The number of rotatable bonds is 5. The molecule has 0 aliphatic heterocycles. The molecule has 0 amide bonds. The minimum absolute atomic E-state index is 0.0761. The molecule has 0 radical (unpaired) electrons. The van der Waals surface area contributed by atoms with Gasteiger partial charge in [-0.3, -0.25) is 0 Å². The summed E-state index contributed by atoms with van der Waals surface area (Å²) in [6.07, 6.45) is -1.01. The number of hydrogen-bond donors (Lipinski definition) is 1. The first-order chi connectivity index (χ1) is 12.0. The number of benzene rings is 2. The molecule has 3 rings (SSSR count). The Bertz CT molecular complexity index is 964. The lowest BCUT2D eigenvalue weighted by Gasteiger charge is -2.14. The number of aryl methyl sites for hydroxylation is 1. The van der Waals surface area contributed by atoms with Crippen molar-refractivity contribution in [3.63, 3.8) is 0 Å². The molecule has 1 heterocycles. The zero-order chi connectivity index (χ0) is 18.0. The van der Waals surface area contributed by atoms with Crippen LogP contribution in [-0.2, 0) is 0 Å². The van der Waals surface area contributed by atoms with Crippen LogP contribution in [0.2, 0.25) is 0 Å².